The highest BCUT2D eigenvalue weighted by atomic mass is 31.1. The Labute approximate surface area is 92.3 Å². The van der Waals surface area contributed by atoms with Gasteiger partial charge in [-0.3, -0.25) is 0 Å². The average Bonchev–Trinajstić information content (AvgIpc) is 2.17. The number of rotatable bonds is 1. The van der Waals surface area contributed by atoms with Gasteiger partial charge < -0.3 is 9.62 Å². The average molecular weight is 224 g/mol. The summed E-state index contributed by atoms with van der Waals surface area (Å²) in [5.74, 6) is 0. The number of hydrogen-bond acceptors (Lipinski definition) is 2. The maximum absolute atomic E-state index is 12.4. The Morgan fingerprint density at radius 3 is 2.60 bits per heavy atom. The van der Waals surface area contributed by atoms with Gasteiger partial charge in [-0.25, -0.2) is 4.67 Å². The van der Waals surface area contributed by atoms with Crippen LogP contribution in [0.25, 0.3) is 0 Å². The molecule has 82 valence electrons. The van der Waals surface area contributed by atoms with Crippen LogP contribution in [0, 0.1) is 5.21 Å². The van der Waals surface area contributed by atoms with Crippen LogP contribution in [0.5, 0.6) is 0 Å². The van der Waals surface area contributed by atoms with Gasteiger partial charge in [0.05, 0.1) is 13.6 Å². The maximum atomic E-state index is 12.4. The Hall–Kier alpha value is -0.470. The first-order chi connectivity index (χ1) is 7.11. The zero-order valence-corrected chi connectivity index (χ0v) is 10.2. The molecule has 1 fully saturated rings. The van der Waals surface area contributed by atoms with Gasteiger partial charge in [0.2, 0.25) is 8.22 Å². The zero-order chi connectivity index (χ0) is 10.9. The number of quaternary nitrogens is 1. The number of hydrogen-bond donors (Lipinski definition) is 0. The van der Waals surface area contributed by atoms with Crippen LogP contribution in [-0.4, -0.2) is 36.3 Å². The molecule has 0 bridgehead atoms. The first-order valence-electron chi connectivity index (χ1n) is 5.24. The number of nitrogens with zero attached hydrogens (tertiary/aromatic N) is 2. The molecule has 0 saturated carbocycles. The summed E-state index contributed by atoms with van der Waals surface area (Å²) in [6.45, 7) is 1.78. The molecule has 2 atom stereocenters. The highest BCUT2D eigenvalue weighted by Gasteiger charge is 2.35. The lowest BCUT2D eigenvalue weighted by Gasteiger charge is -2.50. The smallest absolute Gasteiger partial charge is 0.218 e. The van der Waals surface area contributed by atoms with Crippen molar-refractivity contribution in [1.29, 1.82) is 0 Å². The van der Waals surface area contributed by atoms with E-state index in [1.54, 1.807) is 7.05 Å². The second-order valence-electron chi connectivity index (χ2n) is 4.13. The fourth-order valence-corrected chi connectivity index (χ4v) is 4.74. The molecule has 0 radical (unpaired) electrons. The molecular weight excluding hydrogens is 207 g/mol. The molecule has 2 rings (SSSR count). The van der Waals surface area contributed by atoms with Crippen molar-refractivity contribution in [2.75, 3.05) is 27.2 Å². The maximum Gasteiger partial charge on any atom is 0.218 e. The van der Waals surface area contributed by atoms with Crippen molar-refractivity contribution in [3.05, 3.63) is 35.5 Å². The predicted molar refractivity (Wildman–Crippen MR) is 64.7 cm³/mol. The van der Waals surface area contributed by atoms with E-state index >= 15 is 0 Å². The summed E-state index contributed by atoms with van der Waals surface area (Å²) in [4.78, 5) is 0. The van der Waals surface area contributed by atoms with Gasteiger partial charge in [0.15, 0.2) is 0 Å². The van der Waals surface area contributed by atoms with Crippen molar-refractivity contribution in [1.82, 2.24) is 4.67 Å². The molecule has 1 aliphatic rings. The molecule has 1 heterocycles. The van der Waals surface area contributed by atoms with E-state index in [0.717, 1.165) is 19.5 Å². The van der Waals surface area contributed by atoms with E-state index in [0.29, 0.717) is 0 Å². The molecule has 0 N–H and O–H groups in total. The minimum absolute atomic E-state index is 0.115. The van der Waals surface area contributed by atoms with E-state index in [1.165, 1.54) is 5.30 Å². The van der Waals surface area contributed by atoms with Crippen LogP contribution in [-0.2, 0) is 0 Å². The molecule has 0 aliphatic carbocycles. The molecule has 0 aromatic heterocycles. The van der Waals surface area contributed by atoms with E-state index in [1.807, 2.05) is 18.2 Å². The molecule has 0 spiro atoms. The lowest BCUT2D eigenvalue weighted by Crippen LogP contribution is -2.46. The van der Waals surface area contributed by atoms with E-state index in [9.17, 15) is 5.21 Å². The third kappa shape index (κ3) is 2.21. The van der Waals surface area contributed by atoms with Crippen molar-refractivity contribution in [3.63, 3.8) is 0 Å². The molecule has 1 aromatic carbocycles. The quantitative estimate of drug-likeness (QED) is 0.538. The third-order valence-corrected chi connectivity index (χ3v) is 5.37. The van der Waals surface area contributed by atoms with E-state index in [-0.39, 0.29) is 4.42 Å². The summed E-state index contributed by atoms with van der Waals surface area (Å²) in [6.07, 6.45) is 1.00. The Balaban J connectivity index is 2.32. The molecule has 1 saturated heterocycles. The van der Waals surface area contributed by atoms with Crippen molar-refractivity contribution in [2.24, 2.45) is 0 Å². The highest BCUT2D eigenvalue weighted by molar-refractivity contribution is 7.57. The molecule has 1 aliphatic heterocycles. The topological polar surface area (TPSA) is 26.3 Å². The highest BCUT2D eigenvalue weighted by Crippen LogP contribution is 2.49. The van der Waals surface area contributed by atoms with Gasteiger partial charge in [0.25, 0.3) is 0 Å². The fraction of sp³-hybridized carbons (Fsp3) is 0.455. The van der Waals surface area contributed by atoms with Crippen LogP contribution in [0.4, 0.5) is 0 Å². The van der Waals surface area contributed by atoms with Crippen LogP contribution < -0.4 is 5.30 Å². The summed E-state index contributed by atoms with van der Waals surface area (Å²) in [5.41, 5.74) is 0. The number of hydroxylamine groups is 2. The lowest BCUT2D eigenvalue weighted by atomic mass is 10.4. The SMILES string of the molecule is CN1CCC[N+](C)([O-])P1c1ccccc1. The minimum Gasteiger partial charge on any atom is -0.631 e. The standard InChI is InChI=1S/C11H17N2OP/c1-12-9-6-10-13(2,14)15(12)11-7-4-3-5-8-11/h3-5,7-8H,6,9-10H2,1-2H3. The summed E-state index contributed by atoms with van der Waals surface area (Å²) in [5, 5.41) is 13.6. The first kappa shape index (κ1) is 11.0. The fourth-order valence-electron chi connectivity index (χ4n) is 2.11. The second kappa shape index (κ2) is 4.18. The van der Waals surface area contributed by atoms with Crippen molar-refractivity contribution in [2.45, 2.75) is 6.42 Å². The first-order valence-corrected chi connectivity index (χ1v) is 6.49. The second-order valence-corrected chi connectivity index (χ2v) is 6.76. The molecule has 2 unspecified atom stereocenters. The van der Waals surface area contributed by atoms with Crippen LogP contribution in [0.15, 0.2) is 30.3 Å². The molecule has 0 amide bonds. The molecule has 4 heteroatoms. The van der Waals surface area contributed by atoms with Gasteiger partial charge in [-0.1, -0.05) is 18.2 Å². The van der Waals surface area contributed by atoms with E-state index < -0.39 is 8.22 Å². The van der Waals surface area contributed by atoms with E-state index in [4.69, 9.17) is 0 Å². The van der Waals surface area contributed by atoms with Crippen LogP contribution >= 0.6 is 8.22 Å². The third-order valence-electron chi connectivity index (χ3n) is 2.77. The van der Waals surface area contributed by atoms with Gasteiger partial charge in [0.1, 0.15) is 0 Å². The van der Waals surface area contributed by atoms with Crippen molar-refractivity contribution in [3.8, 4) is 0 Å². The Kier molecular flexibility index (Phi) is 3.08. The molecule has 3 nitrogen and oxygen atoms in total. The lowest BCUT2D eigenvalue weighted by molar-refractivity contribution is -0.736. The van der Waals surface area contributed by atoms with Crippen molar-refractivity contribution >= 4 is 13.5 Å². The molecule has 1 aromatic rings. The largest absolute Gasteiger partial charge is 0.631 e. The van der Waals surface area contributed by atoms with Gasteiger partial charge in [-0.05, 0) is 19.2 Å². The van der Waals surface area contributed by atoms with Crippen molar-refractivity contribution < 1.29 is 4.42 Å². The van der Waals surface area contributed by atoms with Gasteiger partial charge in [-0.2, -0.15) is 0 Å². The predicted octanol–water partition coefficient (Wildman–Crippen LogP) is 1.90. The summed E-state index contributed by atoms with van der Waals surface area (Å²) in [7, 11) is 3.11. The van der Waals surface area contributed by atoms with Crippen LogP contribution in [0.3, 0.4) is 0 Å². The van der Waals surface area contributed by atoms with Crippen LogP contribution in [0.1, 0.15) is 6.42 Å². The van der Waals surface area contributed by atoms with E-state index in [2.05, 4.69) is 23.9 Å². The normalized spacial score (nSPS) is 32.9. The van der Waals surface area contributed by atoms with Gasteiger partial charge in [0, 0.05) is 18.3 Å². The monoisotopic (exact) mass is 224 g/mol. The number of benzene rings is 1. The zero-order valence-electron chi connectivity index (χ0n) is 9.26. The summed E-state index contributed by atoms with van der Waals surface area (Å²) in [6, 6.07) is 10.2. The van der Waals surface area contributed by atoms with Crippen LogP contribution in [0.2, 0.25) is 0 Å². The summed E-state index contributed by atoms with van der Waals surface area (Å²) >= 11 is 0. The molecular formula is C11H17N2OP. The summed E-state index contributed by atoms with van der Waals surface area (Å²) < 4.78 is 2.11. The van der Waals surface area contributed by atoms with Gasteiger partial charge in [-0.15, -0.1) is 0 Å². The Morgan fingerprint density at radius 2 is 2.00 bits per heavy atom. The minimum atomic E-state index is -0.756. The Bertz CT molecular complexity index is 329. The molecule has 15 heavy (non-hydrogen) atoms. The van der Waals surface area contributed by atoms with Gasteiger partial charge >= 0.3 is 0 Å². The Morgan fingerprint density at radius 1 is 1.33 bits per heavy atom.